The molecule has 1 aromatic rings. The van der Waals surface area contributed by atoms with Gasteiger partial charge >= 0.3 is 0 Å². The highest BCUT2D eigenvalue weighted by molar-refractivity contribution is 7.89. The van der Waals surface area contributed by atoms with Crippen molar-refractivity contribution < 1.29 is 8.42 Å². The Balaban J connectivity index is 1.99. The minimum Gasteiger partial charge on any atom is -0.200 e. The van der Waals surface area contributed by atoms with Crippen molar-refractivity contribution in [3.63, 3.8) is 0 Å². The van der Waals surface area contributed by atoms with Gasteiger partial charge in [0.25, 0.3) is 10.0 Å². The van der Waals surface area contributed by atoms with Crippen LogP contribution in [-0.4, -0.2) is 22.2 Å². The van der Waals surface area contributed by atoms with Gasteiger partial charge < -0.3 is 0 Å². The molecule has 2 rings (SSSR count). The van der Waals surface area contributed by atoms with E-state index in [1.165, 1.54) is 0 Å². The highest BCUT2D eigenvalue weighted by Gasteiger charge is 2.36. The average Bonchev–Trinajstić information content (AvgIpc) is 2.25. The maximum Gasteiger partial charge on any atom is 0.276 e. The van der Waals surface area contributed by atoms with Crippen molar-refractivity contribution >= 4 is 23.8 Å². The SMILES string of the molecule is Cc1ccc(S(=O)(=O)NN=C2CC([Si](C)(C)C)C2)cc1. The molecule has 4 nitrogen and oxygen atoms in total. The molecule has 0 aromatic heterocycles. The molecule has 6 heteroatoms. The third-order valence-electron chi connectivity index (χ3n) is 3.84. The van der Waals surface area contributed by atoms with Gasteiger partial charge in [-0.15, -0.1) is 0 Å². The van der Waals surface area contributed by atoms with E-state index >= 15 is 0 Å². The molecule has 1 saturated carbocycles. The van der Waals surface area contributed by atoms with E-state index in [1.54, 1.807) is 24.3 Å². The summed E-state index contributed by atoms with van der Waals surface area (Å²) in [7, 11) is -4.65. The minimum atomic E-state index is -3.53. The van der Waals surface area contributed by atoms with Crippen LogP contribution in [0.3, 0.4) is 0 Å². The van der Waals surface area contributed by atoms with Crippen LogP contribution >= 0.6 is 0 Å². The molecule has 0 unspecified atom stereocenters. The first kappa shape index (κ1) is 15.2. The quantitative estimate of drug-likeness (QED) is 0.686. The van der Waals surface area contributed by atoms with Crippen LogP contribution in [0.4, 0.5) is 0 Å². The zero-order chi connectivity index (χ0) is 15.0. The summed E-state index contributed by atoms with van der Waals surface area (Å²) in [5.74, 6) is 0. The van der Waals surface area contributed by atoms with Crippen LogP contribution in [0.25, 0.3) is 0 Å². The van der Waals surface area contributed by atoms with Gasteiger partial charge in [0.05, 0.1) is 4.90 Å². The van der Waals surface area contributed by atoms with Gasteiger partial charge in [-0.2, -0.15) is 13.5 Å². The van der Waals surface area contributed by atoms with Crippen LogP contribution in [-0.2, 0) is 10.0 Å². The molecule has 1 fully saturated rings. The molecule has 0 atom stereocenters. The number of sulfonamides is 1. The number of nitrogens with one attached hydrogen (secondary N) is 1. The number of benzene rings is 1. The fraction of sp³-hybridized carbons (Fsp3) is 0.500. The molecule has 0 bridgehead atoms. The number of hydrogen-bond donors (Lipinski definition) is 1. The monoisotopic (exact) mass is 310 g/mol. The maximum atomic E-state index is 12.1. The smallest absolute Gasteiger partial charge is 0.200 e. The predicted molar refractivity (Wildman–Crippen MR) is 85.3 cm³/mol. The Hall–Kier alpha value is -1.14. The van der Waals surface area contributed by atoms with Gasteiger partial charge in [0, 0.05) is 13.8 Å². The van der Waals surface area contributed by atoms with Gasteiger partial charge in [-0.3, -0.25) is 0 Å². The summed E-state index contributed by atoms with van der Waals surface area (Å²) in [5, 5.41) is 4.06. The summed E-state index contributed by atoms with van der Waals surface area (Å²) in [4.78, 5) is 2.60. The Morgan fingerprint density at radius 3 is 2.20 bits per heavy atom. The van der Waals surface area contributed by atoms with E-state index < -0.39 is 18.1 Å². The second kappa shape index (κ2) is 5.33. The number of nitrogens with zero attached hydrogens (tertiary/aromatic N) is 1. The Bertz CT molecular complexity index is 608. The molecular formula is C14H22N2O2SSi. The van der Waals surface area contributed by atoms with Crippen molar-refractivity contribution in [2.24, 2.45) is 5.10 Å². The molecule has 1 N–H and O–H groups in total. The predicted octanol–water partition coefficient (Wildman–Crippen LogP) is 3.13. The number of hydrazone groups is 1. The number of aryl methyl sites for hydroxylation is 1. The fourth-order valence-electron chi connectivity index (χ4n) is 2.11. The second-order valence-corrected chi connectivity index (χ2v) is 13.8. The first-order valence-electron chi connectivity index (χ1n) is 6.82. The fourth-order valence-corrected chi connectivity index (χ4v) is 4.65. The van der Waals surface area contributed by atoms with Crippen LogP contribution in [0, 0.1) is 6.92 Å². The molecule has 1 aliphatic carbocycles. The Labute approximate surface area is 122 Å². The lowest BCUT2D eigenvalue weighted by atomic mass is 9.96. The molecule has 1 aliphatic rings. The van der Waals surface area contributed by atoms with Gasteiger partial charge in [-0.05, 0) is 37.4 Å². The summed E-state index contributed by atoms with van der Waals surface area (Å²) < 4.78 is 24.1. The topological polar surface area (TPSA) is 58.5 Å². The van der Waals surface area contributed by atoms with E-state index in [2.05, 4.69) is 29.6 Å². The third kappa shape index (κ3) is 3.49. The molecule has 0 heterocycles. The number of rotatable bonds is 4. The first-order chi connectivity index (χ1) is 9.18. The minimum absolute atomic E-state index is 0.258. The lowest BCUT2D eigenvalue weighted by Crippen LogP contribution is -2.38. The summed E-state index contributed by atoms with van der Waals surface area (Å²) >= 11 is 0. The van der Waals surface area contributed by atoms with Crippen LogP contribution < -0.4 is 4.83 Å². The van der Waals surface area contributed by atoms with Crippen LogP contribution in [0.5, 0.6) is 0 Å². The van der Waals surface area contributed by atoms with E-state index in [-0.39, 0.29) is 4.90 Å². The van der Waals surface area contributed by atoms with Gasteiger partial charge in [0.15, 0.2) is 0 Å². The zero-order valence-corrected chi connectivity index (χ0v) is 14.3. The zero-order valence-electron chi connectivity index (χ0n) is 12.5. The highest BCUT2D eigenvalue weighted by Crippen LogP contribution is 2.38. The molecule has 20 heavy (non-hydrogen) atoms. The van der Waals surface area contributed by atoms with E-state index in [1.807, 2.05) is 6.92 Å². The van der Waals surface area contributed by atoms with E-state index in [0.717, 1.165) is 29.7 Å². The molecule has 0 amide bonds. The normalized spacial score (nSPS) is 19.4. The Kier molecular flexibility index (Phi) is 4.06. The lowest BCUT2D eigenvalue weighted by Gasteiger charge is -2.37. The van der Waals surface area contributed by atoms with Gasteiger partial charge in [0.2, 0.25) is 0 Å². The summed E-state index contributed by atoms with van der Waals surface area (Å²) in [6.45, 7) is 8.94. The van der Waals surface area contributed by atoms with Crippen molar-refractivity contribution in [1.29, 1.82) is 0 Å². The van der Waals surface area contributed by atoms with Crippen LogP contribution in [0.2, 0.25) is 25.2 Å². The third-order valence-corrected chi connectivity index (χ3v) is 7.93. The van der Waals surface area contributed by atoms with Crippen molar-refractivity contribution in [2.45, 2.75) is 49.8 Å². The van der Waals surface area contributed by atoms with Crippen LogP contribution in [0.15, 0.2) is 34.3 Å². The Morgan fingerprint density at radius 1 is 1.15 bits per heavy atom. The molecule has 0 saturated heterocycles. The summed E-state index contributed by atoms with van der Waals surface area (Å²) in [5.41, 5.74) is 2.73. The molecule has 0 aliphatic heterocycles. The van der Waals surface area contributed by atoms with Crippen molar-refractivity contribution in [1.82, 2.24) is 4.83 Å². The highest BCUT2D eigenvalue weighted by atomic mass is 32.2. The summed E-state index contributed by atoms with van der Waals surface area (Å²) in [6.07, 6.45) is 1.87. The van der Waals surface area contributed by atoms with Crippen LogP contribution in [0.1, 0.15) is 18.4 Å². The van der Waals surface area contributed by atoms with Gasteiger partial charge in [0.1, 0.15) is 0 Å². The number of hydrogen-bond acceptors (Lipinski definition) is 3. The molecule has 0 radical (unpaired) electrons. The maximum absolute atomic E-state index is 12.1. The van der Waals surface area contributed by atoms with Crippen molar-refractivity contribution in [3.05, 3.63) is 29.8 Å². The van der Waals surface area contributed by atoms with Gasteiger partial charge in [-0.25, -0.2) is 4.83 Å². The van der Waals surface area contributed by atoms with Gasteiger partial charge in [-0.1, -0.05) is 37.3 Å². The molecule has 1 aromatic carbocycles. The lowest BCUT2D eigenvalue weighted by molar-refractivity contribution is 0.583. The molecule has 110 valence electrons. The van der Waals surface area contributed by atoms with Crippen molar-refractivity contribution in [2.75, 3.05) is 0 Å². The van der Waals surface area contributed by atoms with E-state index in [0.29, 0.717) is 0 Å². The van der Waals surface area contributed by atoms with E-state index in [9.17, 15) is 8.42 Å². The summed E-state index contributed by atoms with van der Waals surface area (Å²) in [6, 6.07) is 6.77. The van der Waals surface area contributed by atoms with Crippen molar-refractivity contribution in [3.8, 4) is 0 Å². The molecule has 0 spiro atoms. The second-order valence-electron chi connectivity index (χ2n) is 6.56. The average molecular weight is 310 g/mol. The standard InChI is InChI=1S/C14H22N2O2SSi/c1-11-5-7-13(8-6-11)19(17,18)16-15-12-9-14(10-12)20(2,3)4/h5-8,14,16H,9-10H2,1-4H3. The van der Waals surface area contributed by atoms with E-state index in [4.69, 9.17) is 0 Å². The first-order valence-corrected chi connectivity index (χ1v) is 11.9. The molecular weight excluding hydrogens is 288 g/mol. The largest absolute Gasteiger partial charge is 0.276 e. The Morgan fingerprint density at radius 2 is 1.70 bits per heavy atom.